The van der Waals surface area contributed by atoms with Crippen LogP contribution in [-0.4, -0.2) is 43.2 Å². The van der Waals surface area contributed by atoms with Crippen molar-refractivity contribution in [1.82, 2.24) is 9.62 Å². The van der Waals surface area contributed by atoms with Gasteiger partial charge in [-0.2, -0.15) is 4.31 Å². The molecule has 1 fully saturated rings. The molecule has 0 radical (unpaired) electrons. The molecule has 158 valence electrons. The van der Waals surface area contributed by atoms with Crippen molar-refractivity contribution < 1.29 is 17.9 Å². The van der Waals surface area contributed by atoms with Crippen molar-refractivity contribution >= 4 is 66.2 Å². The number of thiocarbonyl (C=S) groups is 1. The van der Waals surface area contributed by atoms with Gasteiger partial charge in [0.2, 0.25) is 10.0 Å². The normalized spacial score (nSPS) is 15.7. The molecule has 0 bridgehead atoms. The molecule has 2 aromatic carbocycles. The van der Waals surface area contributed by atoms with E-state index in [9.17, 15) is 13.2 Å². The van der Waals surface area contributed by atoms with E-state index in [0.29, 0.717) is 20.5 Å². The molecule has 30 heavy (non-hydrogen) atoms. The van der Waals surface area contributed by atoms with E-state index in [1.165, 1.54) is 23.1 Å². The summed E-state index contributed by atoms with van der Waals surface area (Å²) in [6.07, 6.45) is 1.70. The van der Waals surface area contributed by atoms with Crippen LogP contribution in [0, 0.1) is 6.92 Å². The largest absolute Gasteiger partial charge is 0.492 e. The van der Waals surface area contributed by atoms with Crippen LogP contribution in [0.1, 0.15) is 11.1 Å². The lowest BCUT2D eigenvalue weighted by atomic mass is 10.2. The maximum absolute atomic E-state index is 12.7. The zero-order valence-electron chi connectivity index (χ0n) is 16.2. The minimum absolute atomic E-state index is 0.150. The number of ether oxygens (including phenoxy) is 1. The second-order valence-corrected chi connectivity index (χ2v) is 11.2. The van der Waals surface area contributed by atoms with Gasteiger partial charge < -0.3 is 10.1 Å². The number of likely N-dealkylation sites (N-methyl/N-ethyl adjacent to an activating group) is 1. The maximum Gasteiger partial charge on any atom is 0.263 e. The predicted octanol–water partition coefficient (Wildman–Crippen LogP) is 3.95. The van der Waals surface area contributed by atoms with Crippen molar-refractivity contribution in [1.29, 1.82) is 0 Å². The number of sulfonamides is 1. The maximum atomic E-state index is 12.7. The molecule has 1 N–H and O–H groups in total. The van der Waals surface area contributed by atoms with Crippen molar-refractivity contribution in [2.75, 3.05) is 20.2 Å². The van der Waals surface area contributed by atoms with Gasteiger partial charge >= 0.3 is 0 Å². The lowest BCUT2D eigenvalue weighted by molar-refractivity contribution is -0.115. The Morgan fingerprint density at radius 3 is 2.57 bits per heavy atom. The van der Waals surface area contributed by atoms with Crippen LogP contribution in [0.5, 0.6) is 5.75 Å². The lowest BCUT2D eigenvalue weighted by Gasteiger charge is -2.18. The Morgan fingerprint density at radius 2 is 1.93 bits per heavy atom. The highest BCUT2D eigenvalue weighted by Crippen LogP contribution is 2.31. The standard InChI is InChI=1S/C20H19BrN2O4S3/c1-13-3-6-16(7-4-13)30(25,26)23(2)9-10-27-17-8-5-15(21)11-14(17)12-18-19(24)22-20(28)29-18/h3-8,11-12H,9-10H2,1-2H3,(H,22,24,28)/b18-12-. The van der Waals surface area contributed by atoms with Gasteiger partial charge in [-0.25, -0.2) is 8.42 Å². The molecule has 1 saturated heterocycles. The smallest absolute Gasteiger partial charge is 0.263 e. The highest BCUT2D eigenvalue weighted by Gasteiger charge is 2.23. The second kappa shape index (κ2) is 9.61. The molecule has 1 aliphatic heterocycles. The van der Waals surface area contributed by atoms with Gasteiger partial charge in [0.1, 0.15) is 16.7 Å². The van der Waals surface area contributed by atoms with Gasteiger partial charge in [-0.1, -0.05) is 57.6 Å². The van der Waals surface area contributed by atoms with Crippen molar-refractivity contribution in [2.45, 2.75) is 11.8 Å². The number of amides is 1. The van der Waals surface area contributed by atoms with Crippen molar-refractivity contribution in [3.05, 3.63) is 63.0 Å². The van der Waals surface area contributed by atoms with Crippen LogP contribution in [0.2, 0.25) is 0 Å². The van der Waals surface area contributed by atoms with E-state index in [2.05, 4.69) is 21.2 Å². The number of aryl methyl sites for hydroxylation is 1. The molecule has 10 heteroatoms. The summed E-state index contributed by atoms with van der Waals surface area (Å²) in [5.74, 6) is 0.290. The number of nitrogens with zero attached hydrogens (tertiary/aromatic N) is 1. The number of carbonyl (C=O) groups is 1. The Bertz CT molecular complexity index is 1120. The van der Waals surface area contributed by atoms with E-state index in [1.54, 1.807) is 36.4 Å². The van der Waals surface area contributed by atoms with E-state index < -0.39 is 10.0 Å². The van der Waals surface area contributed by atoms with Crippen molar-refractivity contribution in [2.24, 2.45) is 0 Å². The Morgan fingerprint density at radius 1 is 1.23 bits per heavy atom. The third-order valence-corrected chi connectivity index (χ3v) is 7.82. The van der Waals surface area contributed by atoms with E-state index >= 15 is 0 Å². The average molecular weight is 527 g/mol. The molecule has 1 amide bonds. The summed E-state index contributed by atoms with van der Waals surface area (Å²) in [6.45, 7) is 2.22. The van der Waals surface area contributed by atoms with Gasteiger partial charge in [-0.05, 0) is 43.3 Å². The molecule has 0 aliphatic carbocycles. The summed E-state index contributed by atoms with van der Waals surface area (Å²) < 4.78 is 33.7. The number of nitrogens with one attached hydrogen (secondary N) is 1. The predicted molar refractivity (Wildman–Crippen MR) is 127 cm³/mol. The lowest BCUT2D eigenvalue weighted by Crippen LogP contribution is -2.31. The summed E-state index contributed by atoms with van der Waals surface area (Å²) in [5, 5.41) is 2.58. The van der Waals surface area contributed by atoms with E-state index in [1.807, 2.05) is 19.1 Å². The summed E-state index contributed by atoms with van der Waals surface area (Å²) in [4.78, 5) is 12.7. The van der Waals surface area contributed by atoms with Gasteiger partial charge in [0.15, 0.2) is 0 Å². The van der Waals surface area contributed by atoms with Crippen LogP contribution in [0.3, 0.4) is 0 Å². The summed E-state index contributed by atoms with van der Waals surface area (Å²) in [6, 6.07) is 12.1. The van der Waals surface area contributed by atoms with Gasteiger partial charge in [0, 0.05) is 23.6 Å². The van der Waals surface area contributed by atoms with Crippen LogP contribution in [0.25, 0.3) is 6.08 Å². The topological polar surface area (TPSA) is 75.7 Å². The van der Waals surface area contributed by atoms with Crippen LogP contribution in [-0.2, 0) is 14.8 Å². The highest BCUT2D eigenvalue weighted by molar-refractivity contribution is 9.10. The van der Waals surface area contributed by atoms with Gasteiger partial charge in [0.05, 0.1) is 9.80 Å². The van der Waals surface area contributed by atoms with E-state index in [0.717, 1.165) is 10.0 Å². The van der Waals surface area contributed by atoms with Crippen LogP contribution < -0.4 is 10.1 Å². The van der Waals surface area contributed by atoms with Crippen LogP contribution >= 0.6 is 39.9 Å². The SMILES string of the molecule is Cc1ccc(S(=O)(=O)N(C)CCOc2ccc(Br)cc2/C=C2\SC(=S)NC2=O)cc1. The fourth-order valence-electron chi connectivity index (χ4n) is 2.62. The third-order valence-electron chi connectivity index (χ3n) is 4.29. The first kappa shape index (κ1) is 23.0. The number of hydrogen-bond acceptors (Lipinski definition) is 6. The van der Waals surface area contributed by atoms with E-state index in [4.69, 9.17) is 17.0 Å². The fourth-order valence-corrected chi connectivity index (χ4v) is 5.19. The Hall–Kier alpha value is -1.72. The molecule has 3 rings (SSSR count). The highest BCUT2D eigenvalue weighted by atomic mass is 79.9. The Kier molecular flexibility index (Phi) is 7.35. The Balaban J connectivity index is 1.70. The van der Waals surface area contributed by atoms with Gasteiger partial charge in [0.25, 0.3) is 5.91 Å². The first-order valence-corrected chi connectivity index (χ1v) is 12.3. The monoisotopic (exact) mass is 526 g/mol. The molecule has 0 atom stereocenters. The average Bonchev–Trinajstić information content (AvgIpc) is 3.00. The molecule has 2 aromatic rings. The van der Waals surface area contributed by atoms with Crippen LogP contribution in [0.15, 0.2) is 56.7 Å². The molecular weight excluding hydrogens is 508 g/mol. The molecule has 0 spiro atoms. The molecular formula is C20H19BrN2O4S3. The van der Waals surface area contributed by atoms with Gasteiger partial charge in [-0.15, -0.1) is 0 Å². The van der Waals surface area contributed by atoms with Gasteiger partial charge in [-0.3, -0.25) is 4.79 Å². The molecule has 1 aliphatic rings. The van der Waals surface area contributed by atoms with Crippen molar-refractivity contribution in [3.8, 4) is 5.75 Å². The first-order valence-electron chi connectivity index (χ1n) is 8.87. The Labute approximate surface area is 193 Å². The third kappa shape index (κ3) is 5.50. The molecule has 0 unspecified atom stereocenters. The number of halogens is 1. The fraction of sp³-hybridized carbons (Fsp3) is 0.200. The number of benzene rings is 2. The first-order chi connectivity index (χ1) is 14.2. The summed E-state index contributed by atoms with van der Waals surface area (Å²) in [7, 11) is -2.08. The molecule has 1 heterocycles. The van der Waals surface area contributed by atoms with Crippen molar-refractivity contribution in [3.63, 3.8) is 0 Å². The number of rotatable bonds is 7. The number of hydrogen-bond donors (Lipinski definition) is 1. The quantitative estimate of drug-likeness (QED) is 0.434. The second-order valence-electron chi connectivity index (χ2n) is 6.52. The molecule has 0 aromatic heterocycles. The number of thioether (sulfide) groups is 1. The molecule has 6 nitrogen and oxygen atoms in total. The minimum Gasteiger partial charge on any atom is -0.492 e. The zero-order chi connectivity index (χ0) is 21.9. The molecule has 0 saturated carbocycles. The number of carbonyl (C=O) groups excluding carboxylic acids is 1. The summed E-state index contributed by atoms with van der Waals surface area (Å²) >= 11 is 9.62. The minimum atomic E-state index is -3.60. The van der Waals surface area contributed by atoms with E-state index in [-0.39, 0.29) is 24.0 Å². The van der Waals surface area contributed by atoms with Crippen LogP contribution in [0.4, 0.5) is 0 Å². The summed E-state index contributed by atoms with van der Waals surface area (Å²) in [5.41, 5.74) is 1.68. The zero-order valence-corrected chi connectivity index (χ0v) is 20.3.